The van der Waals surface area contributed by atoms with Gasteiger partial charge >= 0.3 is 0 Å². The van der Waals surface area contributed by atoms with Gasteiger partial charge in [-0.25, -0.2) is 0 Å². The molecule has 0 aromatic heterocycles. The Kier molecular flexibility index (Phi) is 2.17. The molecule has 6 aliphatic heterocycles. The maximum Gasteiger partial charge on any atom is 0.142 e. The molecular weight excluding hydrogens is 228 g/mol. The molecule has 0 aromatic rings. The van der Waals surface area contributed by atoms with Crippen molar-refractivity contribution in [3.8, 4) is 0 Å². The monoisotopic (exact) mass is 250 g/mol. The lowest BCUT2D eigenvalue weighted by Crippen LogP contribution is -2.95. The van der Waals surface area contributed by atoms with Crippen LogP contribution in [0.1, 0.15) is 38.5 Å². The lowest BCUT2D eigenvalue weighted by molar-refractivity contribution is -0.721. The number of hydrogen-bond donors (Lipinski definition) is 1. The Labute approximate surface area is 108 Å². The summed E-state index contributed by atoms with van der Waals surface area (Å²) in [6, 6.07) is 2.92. The highest BCUT2D eigenvalue weighted by molar-refractivity contribution is 5.25. The van der Waals surface area contributed by atoms with Crippen molar-refractivity contribution < 1.29 is 14.8 Å². The molecule has 8 atom stereocenters. The van der Waals surface area contributed by atoms with Gasteiger partial charge < -0.3 is 20.1 Å². The average Bonchev–Trinajstić information content (AvgIpc) is 3.31. The fourth-order valence-electron chi connectivity index (χ4n) is 4.66. The van der Waals surface area contributed by atoms with E-state index in [-0.39, 0.29) is 0 Å². The van der Waals surface area contributed by atoms with Crippen LogP contribution in [0.3, 0.4) is 0 Å². The number of fused-ring (bicyclic) bond motifs is 10. The highest BCUT2D eigenvalue weighted by Gasteiger charge is 2.61. The van der Waals surface area contributed by atoms with Crippen LogP contribution < -0.4 is 5.32 Å². The third-order valence-corrected chi connectivity index (χ3v) is 5.68. The summed E-state index contributed by atoms with van der Waals surface area (Å²) >= 11 is 0. The van der Waals surface area contributed by atoms with Crippen LogP contribution in [0.5, 0.6) is 0 Å². The summed E-state index contributed by atoms with van der Waals surface area (Å²) < 4.78 is 10.9. The smallest absolute Gasteiger partial charge is 0.142 e. The topological polar surface area (TPSA) is 55.8 Å². The molecule has 6 fully saturated rings. The standard InChI is InChI=1S/C7H11NO.C7H10NO/c2*1-2-4-6-7(9-6)5(3-1)8-4/h4-8H,1-3H2;4-7H,1-3H2/q;-1/p+1. The summed E-state index contributed by atoms with van der Waals surface area (Å²) in [5, 5.41) is 7.13. The van der Waals surface area contributed by atoms with Crippen molar-refractivity contribution in [3.05, 3.63) is 5.32 Å². The van der Waals surface area contributed by atoms with E-state index >= 15 is 0 Å². The van der Waals surface area contributed by atoms with Crippen LogP contribution in [-0.4, -0.2) is 48.6 Å². The maximum atomic E-state index is 5.49. The fourth-order valence-corrected chi connectivity index (χ4v) is 4.66. The van der Waals surface area contributed by atoms with E-state index in [0.29, 0.717) is 36.5 Å². The summed E-state index contributed by atoms with van der Waals surface area (Å²) in [4.78, 5) is 0. The van der Waals surface area contributed by atoms with Crippen molar-refractivity contribution in [2.45, 2.75) is 87.1 Å². The number of quaternary nitrogens is 1. The number of piperidine rings is 2. The Morgan fingerprint density at radius 3 is 1.83 bits per heavy atom. The molecule has 0 radical (unpaired) electrons. The normalized spacial score (nSPS) is 61.3. The van der Waals surface area contributed by atoms with Crippen molar-refractivity contribution in [1.29, 1.82) is 0 Å². The zero-order chi connectivity index (χ0) is 11.7. The van der Waals surface area contributed by atoms with E-state index in [1.165, 1.54) is 38.5 Å². The van der Waals surface area contributed by atoms with Gasteiger partial charge in [0, 0.05) is 12.8 Å². The first kappa shape index (κ1) is 10.6. The van der Waals surface area contributed by atoms with Gasteiger partial charge in [-0.2, -0.15) is 0 Å². The van der Waals surface area contributed by atoms with Gasteiger partial charge in [-0.05, 0) is 6.42 Å². The Balaban J connectivity index is 0.0000000896. The highest BCUT2D eigenvalue weighted by Crippen LogP contribution is 2.49. The molecule has 6 rings (SSSR count). The quantitative estimate of drug-likeness (QED) is 0.629. The molecule has 4 bridgehead atoms. The van der Waals surface area contributed by atoms with Crippen LogP contribution in [0.2, 0.25) is 0 Å². The van der Waals surface area contributed by atoms with Crippen molar-refractivity contribution in [2.24, 2.45) is 0 Å². The van der Waals surface area contributed by atoms with Crippen molar-refractivity contribution in [3.63, 3.8) is 0 Å². The molecule has 6 saturated heterocycles. The van der Waals surface area contributed by atoms with Crippen molar-refractivity contribution in [1.82, 2.24) is 0 Å². The van der Waals surface area contributed by atoms with Gasteiger partial charge in [0.2, 0.25) is 0 Å². The van der Waals surface area contributed by atoms with Gasteiger partial charge in [0.25, 0.3) is 0 Å². The molecule has 8 unspecified atom stereocenters. The number of nitrogens with two attached hydrogens (primary N) is 1. The summed E-state index contributed by atoms with van der Waals surface area (Å²) in [5.74, 6) is 0. The first-order chi connectivity index (χ1) is 8.90. The minimum atomic E-state index is 0.567. The van der Waals surface area contributed by atoms with E-state index in [1.807, 2.05) is 0 Å². The zero-order valence-electron chi connectivity index (χ0n) is 10.7. The maximum absolute atomic E-state index is 5.49. The molecule has 2 N–H and O–H groups in total. The van der Waals surface area contributed by atoms with Crippen LogP contribution in [0.15, 0.2) is 0 Å². The van der Waals surface area contributed by atoms with E-state index in [4.69, 9.17) is 9.47 Å². The first-order valence-electron chi connectivity index (χ1n) is 7.76. The van der Waals surface area contributed by atoms with E-state index in [1.54, 1.807) is 0 Å². The number of ether oxygens (including phenoxy) is 2. The van der Waals surface area contributed by atoms with E-state index < -0.39 is 0 Å². The number of rotatable bonds is 0. The third kappa shape index (κ3) is 1.52. The molecule has 6 heterocycles. The van der Waals surface area contributed by atoms with Gasteiger partial charge in [0.05, 0.1) is 12.2 Å². The highest BCUT2D eigenvalue weighted by atomic mass is 16.6. The molecule has 6 aliphatic rings. The van der Waals surface area contributed by atoms with Gasteiger partial charge in [-0.15, -0.1) is 12.1 Å². The minimum Gasteiger partial charge on any atom is -0.652 e. The second-order valence-electron chi connectivity index (χ2n) is 6.80. The average molecular weight is 250 g/mol. The van der Waals surface area contributed by atoms with E-state index in [0.717, 1.165) is 12.1 Å². The molecule has 0 aliphatic carbocycles. The summed E-state index contributed by atoms with van der Waals surface area (Å²) in [5.41, 5.74) is 0. The molecular formula is C14H22N2O2. The van der Waals surface area contributed by atoms with E-state index in [2.05, 4.69) is 10.6 Å². The molecule has 0 saturated carbocycles. The Hall–Kier alpha value is -0.160. The summed E-state index contributed by atoms with van der Waals surface area (Å²) in [6.45, 7) is 0. The molecule has 4 heteroatoms. The summed E-state index contributed by atoms with van der Waals surface area (Å²) in [7, 11) is 0. The van der Waals surface area contributed by atoms with Gasteiger partial charge in [-0.3, -0.25) is 0 Å². The zero-order valence-corrected chi connectivity index (χ0v) is 10.7. The van der Waals surface area contributed by atoms with Crippen molar-refractivity contribution in [2.75, 3.05) is 0 Å². The largest absolute Gasteiger partial charge is 0.652 e. The van der Waals surface area contributed by atoms with Crippen LogP contribution in [0.25, 0.3) is 5.32 Å². The van der Waals surface area contributed by atoms with Gasteiger partial charge in [-0.1, -0.05) is 19.3 Å². The number of epoxide rings is 2. The molecule has 4 nitrogen and oxygen atoms in total. The number of nitrogens with zero attached hydrogens (tertiary/aromatic N) is 1. The second-order valence-corrected chi connectivity index (χ2v) is 6.80. The van der Waals surface area contributed by atoms with Gasteiger partial charge in [0.15, 0.2) is 0 Å². The van der Waals surface area contributed by atoms with Crippen molar-refractivity contribution >= 4 is 0 Å². The van der Waals surface area contributed by atoms with Crippen LogP contribution in [-0.2, 0) is 9.47 Å². The second kappa shape index (κ2) is 3.69. The predicted octanol–water partition coefficient (Wildman–Crippen LogP) is 0.314. The summed E-state index contributed by atoms with van der Waals surface area (Å²) in [6.07, 6.45) is 10.7. The minimum absolute atomic E-state index is 0.567. The lowest BCUT2D eigenvalue weighted by Gasteiger charge is -2.37. The third-order valence-electron chi connectivity index (χ3n) is 5.68. The Morgan fingerprint density at radius 2 is 1.28 bits per heavy atom. The molecule has 18 heavy (non-hydrogen) atoms. The SMILES string of the molecule is C1CC2[N-]C(C1)C1OC21.C1CC2[NH2+]C(C1)C1OC21. The Bertz CT molecular complexity index is 302. The van der Waals surface area contributed by atoms with Crippen LogP contribution >= 0.6 is 0 Å². The molecule has 0 aromatic carbocycles. The van der Waals surface area contributed by atoms with Crippen LogP contribution in [0.4, 0.5) is 0 Å². The predicted molar refractivity (Wildman–Crippen MR) is 65.5 cm³/mol. The van der Waals surface area contributed by atoms with Crippen LogP contribution in [0, 0.1) is 0 Å². The lowest BCUT2D eigenvalue weighted by atomic mass is 10.1. The molecule has 0 amide bonds. The molecule has 0 spiro atoms. The van der Waals surface area contributed by atoms with E-state index in [9.17, 15) is 0 Å². The first-order valence-corrected chi connectivity index (χ1v) is 7.76. The fraction of sp³-hybridized carbons (Fsp3) is 1.00. The van der Waals surface area contributed by atoms with Gasteiger partial charge in [0.1, 0.15) is 24.3 Å². The molecule has 100 valence electrons. The Morgan fingerprint density at radius 1 is 0.722 bits per heavy atom. The number of morpholine rings is 2. The number of hydrogen-bond acceptors (Lipinski definition) is 2.